The van der Waals surface area contributed by atoms with Crippen LogP contribution in [0.4, 0.5) is 0 Å². The molecule has 0 amide bonds. The first-order valence-electron chi connectivity index (χ1n) is 2.67. The molecule has 2 atom stereocenters. The highest BCUT2D eigenvalue weighted by Gasteiger charge is 2.28. The van der Waals surface area contributed by atoms with E-state index in [9.17, 15) is 9.59 Å². The van der Waals surface area contributed by atoms with E-state index in [1.165, 1.54) is 0 Å². The van der Waals surface area contributed by atoms with E-state index in [2.05, 4.69) is 12.2 Å². The van der Waals surface area contributed by atoms with Crippen LogP contribution in [-0.2, 0) is 9.59 Å². The zero-order valence-corrected chi connectivity index (χ0v) is 6.25. The van der Waals surface area contributed by atoms with Gasteiger partial charge in [-0.05, 0) is 5.37 Å². The Labute approximate surface area is 67.8 Å². The van der Waals surface area contributed by atoms with Crippen molar-refractivity contribution >= 4 is 29.5 Å². The van der Waals surface area contributed by atoms with E-state index in [1.54, 1.807) is 0 Å². The topological polar surface area (TPSA) is 101 Å². The molecule has 0 aromatic rings. The summed E-state index contributed by atoms with van der Waals surface area (Å²) in [6, 6.07) is -1.47. The summed E-state index contributed by atoms with van der Waals surface area (Å²) in [7, 11) is 0. The summed E-state index contributed by atoms with van der Waals surface area (Å²) < 4.78 is 0. The average molecular weight is 177 g/mol. The molecule has 6 heteroatoms. The summed E-state index contributed by atoms with van der Waals surface area (Å²) >= 11 is 4.30. The third kappa shape index (κ3) is 2.60. The number of aliphatic carboxylic acids is 2. The first kappa shape index (κ1) is 9.99. The molecule has 0 aliphatic rings. The van der Waals surface area contributed by atoms with Gasteiger partial charge in [0.1, 0.15) is 12.0 Å². The molecular formula is C5H7NO4S. The molecule has 0 rings (SSSR count). The first-order valence-corrected chi connectivity index (χ1v) is 3.14. The molecule has 1 unspecified atom stereocenters. The number of carboxylic acid groups (broad SMARTS) is 2. The van der Waals surface area contributed by atoms with E-state index in [1.807, 2.05) is 0 Å². The minimum absolute atomic E-state index is 0.834. The van der Waals surface area contributed by atoms with Crippen molar-refractivity contribution in [3.63, 3.8) is 0 Å². The van der Waals surface area contributed by atoms with Gasteiger partial charge in [-0.25, -0.2) is 0 Å². The number of carboxylic acids is 2. The van der Waals surface area contributed by atoms with Gasteiger partial charge in [0, 0.05) is 0 Å². The van der Waals surface area contributed by atoms with Crippen LogP contribution in [0.5, 0.6) is 0 Å². The molecule has 0 heterocycles. The summed E-state index contributed by atoms with van der Waals surface area (Å²) in [6.07, 6.45) is 0. The van der Waals surface area contributed by atoms with Crippen molar-refractivity contribution in [1.29, 1.82) is 0 Å². The van der Waals surface area contributed by atoms with Crippen LogP contribution in [0.15, 0.2) is 0 Å². The van der Waals surface area contributed by atoms with Crippen LogP contribution in [0.1, 0.15) is 0 Å². The highest BCUT2D eigenvalue weighted by atomic mass is 32.1. The Kier molecular flexibility index (Phi) is 3.63. The normalized spacial score (nSPS) is 15.0. The van der Waals surface area contributed by atoms with Crippen molar-refractivity contribution in [2.45, 2.75) is 6.04 Å². The Morgan fingerprint density at radius 3 is 1.91 bits per heavy atom. The SMILES string of the molecule is N[C@@H](C(=O)O)C(C=S)C(=O)O. The summed E-state index contributed by atoms with van der Waals surface area (Å²) in [6.45, 7) is 0. The van der Waals surface area contributed by atoms with Crippen molar-refractivity contribution in [1.82, 2.24) is 0 Å². The van der Waals surface area contributed by atoms with E-state index < -0.39 is 23.9 Å². The van der Waals surface area contributed by atoms with Gasteiger partial charge in [-0.1, -0.05) is 12.2 Å². The lowest BCUT2D eigenvalue weighted by atomic mass is 10.0. The lowest BCUT2D eigenvalue weighted by molar-refractivity contribution is -0.147. The third-order valence-corrected chi connectivity index (χ3v) is 1.40. The maximum Gasteiger partial charge on any atom is 0.321 e. The van der Waals surface area contributed by atoms with Crippen molar-refractivity contribution in [2.24, 2.45) is 11.7 Å². The molecule has 5 nitrogen and oxygen atoms in total. The van der Waals surface area contributed by atoms with E-state index in [4.69, 9.17) is 15.9 Å². The summed E-state index contributed by atoms with van der Waals surface area (Å²) in [5.41, 5.74) is 4.99. The maximum atomic E-state index is 10.2. The zero-order valence-electron chi connectivity index (χ0n) is 5.43. The van der Waals surface area contributed by atoms with Crippen LogP contribution >= 0.6 is 12.2 Å². The van der Waals surface area contributed by atoms with Gasteiger partial charge in [0.15, 0.2) is 0 Å². The van der Waals surface area contributed by atoms with Crippen LogP contribution in [0.2, 0.25) is 0 Å². The van der Waals surface area contributed by atoms with Crippen molar-refractivity contribution in [2.75, 3.05) is 0 Å². The molecule has 11 heavy (non-hydrogen) atoms. The minimum Gasteiger partial charge on any atom is -0.481 e. The molecule has 0 spiro atoms. The van der Waals surface area contributed by atoms with Gasteiger partial charge in [-0.2, -0.15) is 0 Å². The van der Waals surface area contributed by atoms with E-state index in [-0.39, 0.29) is 0 Å². The Balaban J connectivity index is 4.37. The molecule has 0 saturated carbocycles. The fourth-order valence-corrected chi connectivity index (χ4v) is 0.736. The fourth-order valence-electron chi connectivity index (χ4n) is 0.450. The summed E-state index contributed by atoms with van der Waals surface area (Å²) in [5.74, 6) is -4.00. The third-order valence-electron chi connectivity index (χ3n) is 1.10. The summed E-state index contributed by atoms with van der Waals surface area (Å²) in [5, 5.41) is 17.5. The molecular weight excluding hydrogens is 170 g/mol. The van der Waals surface area contributed by atoms with Gasteiger partial charge >= 0.3 is 11.9 Å². The van der Waals surface area contributed by atoms with Crippen LogP contribution < -0.4 is 5.73 Å². The molecule has 0 bridgehead atoms. The number of rotatable bonds is 4. The molecule has 62 valence electrons. The highest BCUT2D eigenvalue weighted by molar-refractivity contribution is 7.79. The lowest BCUT2D eigenvalue weighted by Crippen LogP contribution is -2.42. The number of thiocarbonyl (C=S) groups is 1. The molecule has 0 radical (unpaired) electrons. The second-order valence-corrected chi connectivity index (χ2v) is 2.14. The second-order valence-electron chi connectivity index (χ2n) is 1.86. The molecule has 0 aliphatic heterocycles. The molecule has 4 N–H and O–H groups in total. The Bertz CT molecular complexity index is 193. The van der Waals surface area contributed by atoms with Gasteiger partial charge in [-0.15, -0.1) is 0 Å². The van der Waals surface area contributed by atoms with Crippen LogP contribution in [0.3, 0.4) is 0 Å². The summed E-state index contributed by atoms with van der Waals surface area (Å²) in [4.78, 5) is 20.4. The predicted molar refractivity (Wildman–Crippen MR) is 40.4 cm³/mol. The molecule has 0 aromatic heterocycles. The van der Waals surface area contributed by atoms with Crippen molar-refractivity contribution in [3.8, 4) is 0 Å². The number of hydrogen-bond acceptors (Lipinski definition) is 4. The Hall–Kier alpha value is -1.01. The van der Waals surface area contributed by atoms with E-state index in [0.29, 0.717) is 0 Å². The van der Waals surface area contributed by atoms with Gasteiger partial charge in [0.05, 0.1) is 0 Å². The largest absolute Gasteiger partial charge is 0.481 e. The highest BCUT2D eigenvalue weighted by Crippen LogP contribution is 1.99. The van der Waals surface area contributed by atoms with Gasteiger partial charge in [0.25, 0.3) is 0 Å². The minimum atomic E-state index is -1.47. The number of nitrogens with two attached hydrogens (primary N) is 1. The molecule has 0 aliphatic carbocycles. The van der Waals surface area contributed by atoms with Gasteiger partial charge < -0.3 is 15.9 Å². The fraction of sp³-hybridized carbons (Fsp3) is 0.400. The maximum absolute atomic E-state index is 10.2. The van der Waals surface area contributed by atoms with Crippen LogP contribution in [0.25, 0.3) is 0 Å². The predicted octanol–water partition coefficient (Wildman–Crippen LogP) is -0.901. The Morgan fingerprint density at radius 2 is 1.82 bits per heavy atom. The van der Waals surface area contributed by atoms with E-state index >= 15 is 0 Å². The van der Waals surface area contributed by atoms with E-state index in [0.717, 1.165) is 5.37 Å². The molecule has 0 fully saturated rings. The average Bonchev–Trinajstić information content (AvgIpc) is 1.88. The monoisotopic (exact) mass is 177 g/mol. The quantitative estimate of drug-likeness (QED) is 0.481. The van der Waals surface area contributed by atoms with Crippen LogP contribution in [-0.4, -0.2) is 33.6 Å². The Morgan fingerprint density at radius 1 is 1.36 bits per heavy atom. The van der Waals surface area contributed by atoms with Crippen molar-refractivity contribution < 1.29 is 19.8 Å². The number of carbonyl (C=O) groups is 2. The first-order chi connectivity index (χ1) is 5.00. The van der Waals surface area contributed by atoms with Crippen LogP contribution in [0, 0.1) is 5.92 Å². The van der Waals surface area contributed by atoms with Gasteiger partial charge in [-0.3, -0.25) is 9.59 Å². The van der Waals surface area contributed by atoms with Crippen molar-refractivity contribution in [3.05, 3.63) is 0 Å². The molecule has 0 aromatic carbocycles. The molecule has 0 saturated heterocycles. The number of hydrogen-bond donors (Lipinski definition) is 3. The smallest absolute Gasteiger partial charge is 0.321 e. The zero-order chi connectivity index (χ0) is 9.02. The lowest BCUT2D eigenvalue weighted by Gasteiger charge is -2.09. The second kappa shape index (κ2) is 3.99. The van der Waals surface area contributed by atoms with Gasteiger partial charge in [0.2, 0.25) is 0 Å². The standard InChI is InChI=1S/C5H7NO4S/c6-3(5(9)10)2(1-11)4(7)8/h1-3H,6H2,(H,7,8)(H,9,10)/t2?,3-/m1/s1.